The summed E-state index contributed by atoms with van der Waals surface area (Å²) in [5.74, 6) is 2.82. The van der Waals surface area contributed by atoms with Gasteiger partial charge in [0, 0.05) is 29.6 Å². The molecule has 4 rings (SSSR count). The number of pyridine rings is 1. The second kappa shape index (κ2) is 7.03. The molecule has 0 radical (unpaired) electrons. The Morgan fingerprint density at radius 2 is 2.00 bits per heavy atom. The molecule has 0 fully saturated rings. The molecule has 7 heteroatoms. The van der Waals surface area contributed by atoms with Gasteiger partial charge in [0.25, 0.3) is 0 Å². The molecule has 136 valence electrons. The second-order valence-corrected chi connectivity index (χ2v) is 6.38. The van der Waals surface area contributed by atoms with E-state index in [1.165, 1.54) is 6.07 Å². The molecule has 0 saturated heterocycles. The zero-order chi connectivity index (χ0) is 18.8. The summed E-state index contributed by atoms with van der Waals surface area (Å²) in [6.07, 6.45) is 1.71. The Morgan fingerprint density at radius 3 is 2.78 bits per heavy atom. The smallest absolute Gasteiger partial charge is 0.336 e. The van der Waals surface area contributed by atoms with Gasteiger partial charge in [-0.25, -0.2) is 14.8 Å². The van der Waals surface area contributed by atoms with Crippen molar-refractivity contribution in [3.05, 3.63) is 76.8 Å². The predicted molar refractivity (Wildman–Crippen MR) is 100 cm³/mol. The fourth-order valence-electron chi connectivity index (χ4n) is 2.64. The third-order valence-corrected chi connectivity index (χ3v) is 4.04. The van der Waals surface area contributed by atoms with Gasteiger partial charge in [-0.1, -0.05) is 19.9 Å². The minimum absolute atomic E-state index is 0.184. The SMILES string of the molecule is CC(C)c1nc(COc2ccc3ccc(=O)oc3c2)n(-c2ccccn2)n1. The summed E-state index contributed by atoms with van der Waals surface area (Å²) in [6, 6.07) is 14.1. The van der Waals surface area contributed by atoms with Gasteiger partial charge in [-0.3, -0.25) is 0 Å². The zero-order valence-electron chi connectivity index (χ0n) is 15.0. The molecule has 7 nitrogen and oxygen atoms in total. The molecule has 0 bridgehead atoms. The summed E-state index contributed by atoms with van der Waals surface area (Å²) >= 11 is 0. The molecule has 0 atom stereocenters. The average Bonchev–Trinajstić information content (AvgIpc) is 3.11. The first-order valence-electron chi connectivity index (χ1n) is 8.64. The van der Waals surface area contributed by atoms with Crippen molar-refractivity contribution in [2.24, 2.45) is 0 Å². The van der Waals surface area contributed by atoms with Gasteiger partial charge in [0.2, 0.25) is 0 Å². The van der Waals surface area contributed by atoms with Crippen LogP contribution < -0.4 is 10.4 Å². The third kappa shape index (κ3) is 3.57. The summed E-state index contributed by atoms with van der Waals surface area (Å²) in [5.41, 5.74) is 0.0881. The predicted octanol–water partition coefficient (Wildman–Crippen LogP) is 3.47. The van der Waals surface area contributed by atoms with Crippen LogP contribution in [0, 0.1) is 0 Å². The summed E-state index contributed by atoms with van der Waals surface area (Å²) in [7, 11) is 0. The maximum atomic E-state index is 11.4. The lowest BCUT2D eigenvalue weighted by Crippen LogP contribution is -2.08. The minimum Gasteiger partial charge on any atom is -0.485 e. The molecule has 0 spiro atoms. The molecule has 0 N–H and O–H groups in total. The van der Waals surface area contributed by atoms with Crippen LogP contribution >= 0.6 is 0 Å². The highest BCUT2D eigenvalue weighted by Gasteiger charge is 2.15. The third-order valence-electron chi connectivity index (χ3n) is 4.04. The lowest BCUT2D eigenvalue weighted by atomic mass is 10.2. The van der Waals surface area contributed by atoms with E-state index in [2.05, 4.69) is 15.1 Å². The van der Waals surface area contributed by atoms with Crippen molar-refractivity contribution in [2.45, 2.75) is 26.4 Å². The quantitative estimate of drug-likeness (QED) is 0.506. The molecule has 0 amide bonds. The average molecular weight is 362 g/mol. The highest BCUT2D eigenvalue weighted by Crippen LogP contribution is 2.21. The van der Waals surface area contributed by atoms with Gasteiger partial charge < -0.3 is 9.15 Å². The van der Waals surface area contributed by atoms with Gasteiger partial charge in [-0.05, 0) is 30.3 Å². The van der Waals surface area contributed by atoms with Gasteiger partial charge in [0.15, 0.2) is 17.5 Å². The maximum Gasteiger partial charge on any atom is 0.336 e. The Hall–Kier alpha value is -3.48. The van der Waals surface area contributed by atoms with E-state index in [9.17, 15) is 4.79 Å². The van der Waals surface area contributed by atoms with Gasteiger partial charge in [-0.2, -0.15) is 4.68 Å². The van der Waals surface area contributed by atoms with Crippen LogP contribution in [0.3, 0.4) is 0 Å². The summed E-state index contributed by atoms with van der Waals surface area (Å²) in [4.78, 5) is 20.3. The van der Waals surface area contributed by atoms with E-state index in [1.807, 2.05) is 44.2 Å². The standard InChI is InChI=1S/C20H18N4O3/c1-13(2)20-22-18(24(23-20)17-5-3-4-10-21-17)12-26-15-8-6-14-7-9-19(25)27-16(14)11-15/h3-11,13H,12H2,1-2H3. The highest BCUT2D eigenvalue weighted by atomic mass is 16.5. The van der Waals surface area contributed by atoms with E-state index in [4.69, 9.17) is 9.15 Å². The van der Waals surface area contributed by atoms with E-state index in [-0.39, 0.29) is 12.5 Å². The zero-order valence-corrected chi connectivity index (χ0v) is 15.0. The molecule has 1 aromatic carbocycles. The van der Waals surface area contributed by atoms with E-state index < -0.39 is 5.63 Å². The van der Waals surface area contributed by atoms with Gasteiger partial charge in [0.1, 0.15) is 17.9 Å². The second-order valence-electron chi connectivity index (χ2n) is 6.38. The molecular weight excluding hydrogens is 344 g/mol. The van der Waals surface area contributed by atoms with Crippen LogP contribution in [0.2, 0.25) is 0 Å². The number of ether oxygens (including phenoxy) is 1. The fourth-order valence-corrected chi connectivity index (χ4v) is 2.64. The van der Waals surface area contributed by atoms with Gasteiger partial charge in [-0.15, -0.1) is 5.10 Å². The van der Waals surface area contributed by atoms with Crippen LogP contribution in [0.15, 0.2) is 63.9 Å². The number of hydrogen-bond acceptors (Lipinski definition) is 6. The number of rotatable bonds is 5. The lowest BCUT2D eigenvalue weighted by molar-refractivity contribution is 0.292. The Morgan fingerprint density at radius 1 is 1.15 bits per heavy atom. The van der Waals surface area contributed by atoms with Crippen molar-refractivity contribution in [3.63, 3.8) is 0 Å². The van der Waals surface area contributed by atoms with Crippen LogP contribution in [-0.4, -0.2) is 19.7 Å². The number of aromatic nitrogens is 4. The maximum absolute atomic E-state index is 11.4. The van der Waals surface area contributed by atoms with Crippen LogP contribution in [-0.2, 0) is 6.61 Å². The van der Waals surface area contributed by atoms with Gasteiger partial charge in [0.05, 0.1) is 0 Å². The molecule has 0 saturated carbocycles. The van der Waals surface area contributed by atoms with Crippen LogP contribution in [0.5, 0.6) is 5.75 Å². The number of benzene rings is 1. The number of hydrogen-bond donors (Lipinski definition) is 0. The minimum atomic E-state index is -0.392. The van der Waals surface area contributed by atoms with Crippen molar-refractivity contribution in [1.29, 1.82) is 0 Å². The summed E-state index contributed by atoms with van der Waals surface area (Å²) in [6.45, 7) is 4.28. The molecule has 0 aliphatic rings. The summed E-state index contributed by atoms with van der Waals surface area (Å²) in [5, 5.41) is 5.39. The van der Waals surface area contributed by atoms with E-state index in [0.717, 1.165) is 11.2 Å². The Labute approximate surface area is 155 Å². The van der Waals surface area contributed by atoms with E-state index in [0.29, 0.717) is 23.0 Å². The van der Waals surface area contributed by atoms with Crippen molar-refractivity contribution in [2.75, 3.05) is 0 Å². The molecule has 0 aliphatic carbocycles. The van der Waals surface area contributed by atoms with Crippen LogP contribution in [0.1, 0.15) is 31.4 Å². The fraction of sp³-hybridized carbons (Fsp3) is 0.200. The Bertz CT molecular complexity index is 1130. The Kier molecular flexibility index (Phi) is 4.42. The first kappa shape index (κ1) is 17.0. The van der Waals surface area contributed by atoms with Crippen molar-refractivity contribution >= 4 is 11.0 Å². The van der Waals surface area contributed by atoms with Crippen molar-refractivity contribution in [1.82, 2.24) is 19.7 Å². The van der Waals surface area contributed by atoms with Crippen molar-refractivity contribution < 1.29 is 9.15 Å². The largest absolute Gasteiger partial charge is 0.485 e. The molecule has 4 aromatic rings. The Balaban J connectivity index is 1.63. The first-order chi connectivity index (χ1) is 13.1. The molecule has 3 aromatic heterocycles. The monoisotopic (exact) mass is 362 g/mol. The normalized spacial score (nSPS) is 11.2. The molecule has 3 heterocycles. The summed E-state index contributed by atoms with van der Waals surface area (Å²) < 4.78 is 12.8. The molecule has 0 aliphatic heterocycles. The highest BCUT2D eigenvalue weighted by molar-refractivity contribution is 5.77. The van der Waals surface area contributed by atoms with Gasteiger partial charge >= 0.3 is 5.63 Å². The molecular formula is C20H18N4O3. The van der Waals surface area contributed by atoms with Crippen molar-refractivity contribution in [3.8, 4) is 11.6 Å². The van der Waals surface area contributed by atoms with E-state index in [1.54, 1.807) is 23.0 Å². The molecule has 27 heavy (non-hydrogen) atoms. The topological polar surface area (TPSA) is 83.0 Å². The van der Waals surface area contributed by atoms with Crippen LogP contribution in [0.25, 0.3) is 16.8 Å². The lowest BCUT2D eigenvalue weighted by Gasteiger charge is -2.07. The first-order valence-corrected chi connectivity index (χ1v) is 8.64. The van der Waals surface area contributed by atoms with E-state index >= 15 is 0 Å². The molecule has 0 unspecified atom stereocenters. The van der Waals surface area contributed by atoms with Crippen LogP contribution in [0.4, 0.5) is 0 Å². The number of fused-ring (bicyclic) bond motifs is 1. The number of nitrogens with zero attached hydrogens (tertiary/aromatic N) is 4.